The van der Waals surface area contributed by atoms with Crippen LogP contribution < -0.4 is 5.43 Å². The zero-order chi connectivity index (χ0) is 13.0. The Hall–Kier alpha value is -1.95. The highest BCUT2D eigenvalue weighted by Crippen LogP contribution is 2.11. The standard InChI is InChI=1S/C12H14N4OS/c1-8(2)10-6-11(15-14-10)12(17)16-13-7-9-4-3-5-18-9/h3-8H,1-2H3,(H,14,15)(H,16,17). The summed E-state index contributed by atoms with van der Waals surface area (Å²) in [5, 5.41) is 12.6. The van der Waals surface area contributed by atoms with Crippen LogP contribution in [0.3, 0.4) is 0 Å². The van der Waals surface area contributed by atoms with Gasteiger partial charge < -0.3 is 0 Å². The number of hydrogen-bond acceptors (Lipinski definition) is 4. The molecule has 0 saturated carbocycles. The van der Waals surface area contributed by atoms with E-state index >= 15 is 0 Å². The first kappa shape index (κ1) is 12.5. The Morgan fingerprint density at radius 3 is 3.06 bits per heavy atom. The summed E-state index contributed by atoms with van der Waals surface area (Å²) in [5.74, 6) is -0.000346. The summed E-state index contributed by atoms with van der Waals surface area (Å²) in [6, 6.07) is 5.59. The maximum absolute atomic E-state index is 11.7. The molecule has 5 nitrogen and oxygen atoms in total. The molecule has 0 atom stereocenters. The van der Waals surface area contributed by atoms with Gasteiger partial charge in [-0.25, -0.2) is 5.43 Å². The number of nitrogens with zero attached hydrogens (tertiary/aromatic N) is 2. The normalized spacial score (nSPS) is 11.3. The van der Waals surface area contributed by atoms with Gasteiger partial charge in [0, 0.05) is 10.6 Å². The number of carbonyl (C=O) groups is 1. The smallest absolute Gasteiger partial charge is 0.282 e. The summed E-state index contributed by atoms with van der Waals surface area (Å²) >= 11 is 1.56. The fourth-order valence-electron chi connectivity index (χ4n) is 1.33. The van der Waals surface area contributed by atoms with Gasteiger partial charge in [-0.2, -0.15) is 10.2 Å². The Morgan fingerprint density at radius 1 is 1.61 bits per heavy atom. The molecule has 0 aromatic carbocycles. The molecule has 0 bridgehead atoms. The summed E-state index contributed by atoms with van der Waals surface area (Å²) in [4.78, 5) is 12.7. The van der Waals surface area contributed by atoms with Crippen LogP contribution in [0.15, 0.2) is 28.7 Å². The summed E-state index contributed by atoms with van der Waals surface area (Å²) in [7, 11) is 0. The van der Waals surface area contributed by atoms with Crippen molar-refractivity contribution in [3.05, 3.63) is 39.8 Å². The van der Waals surface area contributed by atoms with Gasteiger partial charge in [-0.05, 0) is 23.4 Å². The van der Waals surface area contributed by atoms with Gasteiger partial charge in [-0.15, -0.1) is 11.3 Å². The first-order chi connectivity index (χ1) is 8.66. The highest BCUT2D eigenvalue weighted by Gasteiger charge is 2.10. The first-order valence-corrected chi connectivity index (χ1v) is 6.47. The second kappa shape index (κ2) is 5.59. The SMILES string of the molecule is CC(C)c1cc(C(=O)NN=Cc2cccs2)n[nH]1. The van der Waals surface area contributed by atoms with Crippen LogP contribution in [-0.4, -0.2) is 22.3 Å². The highest BCUT2D eigenvalue weighted by atomic mass is 32.1. The van der Waals surface area contributed by atoms with Gasteiger partial charge in [0.15, 0.2) is 5.69 Å². The largest absolute Gasteiger partial charge is 0.291 e. The van der Waals surface area contributed by atoms with E-state index in [1.54, 1.807) is 23.6 Å². The number of aromatic amines is 1. The fourth-order valence-corrected chi connectivity index (χ4v) is 1.91. The molecule has 0 radical (unpaired) electrons. The number of hydrogen-bond donors (Lipinski definition) is 2. The molecule has 0 fully saturated rings. The van der Waals surface area contributed by atoms with Crippen molar-refractivity contribution in [2.24, 2.45) is 5.10 Å². The van der Waals surface area contributed by atoms with Crippen molar-refractivity contribution in [2.45, 2.75) is 19.8 Å². The quantitative estimate of drug-likeness (QED) is 0.656. The highest BCUT2D eigenvalue weighted by molar-refractivity contribution is 7.11. The van der Waals surface area contributed by atoms with E-state index in [0.29, 0.717) is 11.6 Å². The van der Waals surface area contributed by atoms with Gasteiger partial charge >= 0.3 is 0 Å². The van der Waals surface area contributed by atoms with Crippen LogP contribution in [0.1, 0.15) is 40.8 Å². The third-order valence-corrected chi connectivity index (χ3v) is 3.16. The molecule has 94 valence electrons. The topological polar surface area (TPSA) is 70.1 Å². The number of aromatic nitrogens is 2. The molecule has 2 aromatic rings. The number of rotatable bonds is 4. The Balaban J connectivity index is 1.95. The lowest BCUT2D eigenvalue weighted by Gasteiger charge is -1.96. The van der Waals surface area contributed by atoms with E-state index in [9.17, 15) is 4.79 Å². The van der Waals surface area contributed by atoms with Gasteiger partial charge in [-0.1, -0.05) is 19.9 Å². The van der Waals surface area contributed by atoms with Gasteiger partial charge in [0.2, 0.25) is 0 Å². The van der Waals surface area contributed by atoms with Crippen molar-refractivity contribution in [1.29, 1.82) is 0 Å². The van der Waals surface area contributed by atoms with Crippen LogP contribution in [0.25, 0.3) is 0 Å². The Kier molecular flexibility index (Phi) is 3.88. The Bertz CT molecular complexity index is 542. The molecule has 0 aliphatic rings. The zero-order valence-corrected chi connectivity index (χ0v) is 11.0. The molecule has 2 aromatic heterocycles. The van der Waals surface area contributed by atoms with Crippen LogP contribution >= 0.6 is 11.3 Å². The number of hydrazone groups is 1. The van der Waals surface area contributed by atoms with Crippen molar-refractivity contribution in [2.75, 3.05) is 0 Å². The van der Waals surface area contributed by atoms with Gasteiger partial charge in [0.1, 0.15) is 0 Å². The van der Waals surface area contributed by atoms with Gasteiger partial charge in [0.25, 0.3) is 5.91 Å². The predicted octanol–water partition coefficient (Wildman–Crippen LogP) is 2.36. The summed E-state index contributed by atoms with van der Waals surface area (Å²) in [6.45, 7) is 4.06. The number of H-pyrrole nitrogens is 1. The van der Waals surface area contributed by atoms with E-state index < -0.39 is 0 Å². The maximum Gasteiger partial charge on any atom is 0.291 e. The van der Waals surface area contributed by atoms with E-state index in [1.165, 1.54) is 0 Å². The van der Waals surface area contributed by atoms with Crippen LogP contribution in [0.4, 0.5) is 0 Å². The Labute approximate surface area is 109 Å². The third-order valence-electron chi connectivity index (χ3n) is 2.35. The van der Waals surface area contributed by atoms with E-state index in [-0.39, 0.29) is 5.91 Å². The second-order valence-corrected chi connectivity index (χ2v) is 5.06. The van der Waals surface area contributed by atoms with Crippen molar-refractivity contribution in [3.8, 4) is 0 Å². The number of amides is 1. The van der Waals surface area contributed by atoms with E-state index in [4.69, 9.17) is 0 Å². The lowest BCUT2D eigenvalue weighted by molar-refractivity contribution is 0.0950. The molecule has 0 aliphatic carbocycles. The van der Waals surface area contributed by atoms with Gasteiger partial charge in [-0.3, -0.25) is 9.89 Å². The monoisotopic (exact) mass is 262 g/mol. The molecule has 0 saturated heterocycles. The van der Waals surface area contributed by atoms with Crippen LogP contribution in [0.2, 0.25) is 0 Å². The van der Waals surface area contributed by atoms with Gasteiger partial charge in [0.05, 0.1) is 6.21 Å². The predicted molar refractivity (Wildman–Crippen MR) is 72.1 cm³/mol. The van der Waals surface area contributed by atoms with E-state index in [2.05, 4.69) is 20.7 Å². The van der Waals surface area contributed by atoms with Crippen LogP contribution in [0.5, 0.6) is 0 Å². The average molecular weight is 262 g/mol. The third kappa shape index (κ3) is 3.04. The molecule has 0 aliphatic heterocycles. The molecule has 1 amide bonds. The first-order valence-electron chi connectivity index (χ1n) is 5.59. The lowest BCUT2D eigenvalue weighted by Crippen LogP contribution is -2.17. The average Bonchev–Trinajstić information content (AvgIpc) is 2.99. The number of nitrogens with one attached hydrogen (secondary N) is 2. The van der Waals surface area contributed by atoms with Crippen LogP contribution in [0, 0.1) is 0 Å². The summed E-state index contributed by atoms with van der Waals surface area (Å²) in [5.41, 5.74) is 3.73. The minimum Gasteiger partial charge on any atom is -0.282 e. The van der Waals surface area contributed by atoms with Crippen molar-refractivity contribution < 1.29 is 4.79 Å². The van der Waals surface area contributed by atoms with Crippen molar-refractivity contribution in [3.63, 3.8) is 0 Å². The summed E-state index contributed by atoms with van der Waals surface area (Å²) in [6.07, 6.45) is 1.61. The number of carbonyl (C=O) groups excluding carboxylic acids is 1. The maximum atomic E-state index is 11.7. The minimum absolute atomic E-state index is 0.314. The van der Waals surface area contributed by atoms with Crippen LogP contribution in [-0.2, 0) is 0 Å². The minimum atomic E-state index is -0.314. The Morgan fingerprint density at radius 2 is 2.44 bits per heavy atom. The molecular weight excluding hydrogens is 248 g/mol. The molecule has 2 rings (SSSR count). The molecule has 2 N–H and O–H groups in total. The van der Waals surface area contributed by atoms with E-state index in [1.807, 2.05) is 31.4 Å². The molecule has 2 heterocycles. The molecule has 0 spiro atoms. The molecule has 0 unspecified atom stereocenters. The number of thiophene rings is 1. The fraction of sp³-hybridized carbons (Fsp3) is 0.250. The second-order valence-electron chi connectivity index (χ2n) is 4.08. The zero-order valence-electron chi connectivity index (χ0n) is 10.2. The molecule has 18 heavy (non-hydrogen) atoms. The summed E-state index contributed by atoms with van der Waals surface area (Å²) < 4.78 is 0. The molecule has 6 heteroatoms. The van der Waals surface area contributed by atoms with E-state index in [0.717, 1.165) is 10.6 Å². The molecular formula is C12H14N4OS. The van der Waals surface area contributed by atoms with Crippen molar-refractivity contribution >= 4 is 23.5 Å². The lowest BCUT2D eigenvalue weighted by atomic mass is 10.1. The van der Waals surface area contributed by atoms with Crippen molar-refractivity contribution in [1.82, 2.24) is 15.6 Å².